The Bertz CT molecular complexity index is 1510. The number of nitrogens with zero attached hydrogens (tertiary/aromatic N) is 1. The number of likely N-dealkylation sites (N-methyl/N-ethyl adjacent to an activating group) is 1. The van der Waals surface area contributed by atoms with Crippen molar-refractivity contribution >= 4 is 13.7 Å². The van der Waals surface area contributed by atoms with Gasteiger partial charge in [-0.25, -0.2) is 0 Å². The highest BCUT2D eigenvalue weighted by atomic mass is 31.2. The summed E-state index contributed by atoms with van der Waals surface area (Å²) in [5.41, 5.74) is 0. The maximum atomic E-state index is 13.0. The van der Waals surface area contributed by atoms with Crippen molar-refractivity contribution in [3.8, 4) is 0 Å². The molecule has 0 aliphatic heterocycles. The predicted octanol–water partition coefficient (Wildman–Crippen LogP) is 18.0. The number of amides is 1. The standard InChI is InChI=1S/C64H115N2O6P/c1-6-8-10-12-14-16-18-20-22-24-26-28-30-32-34-35-37-39-41-43-45-47-49-51-53-55-57-63(67)62(61-72-73(69,70)71-60-59-66(3,4)5)65-64(68)58-56-54-52-50-48-46-44-42-40-38-36-33-31-29-27-25-23-21-19-17-15-13-11-9-7-2/h9,11,15,17,21,23,27,29,33,36,40,42,47,49,55,57,62-63,67H,6-8,10,12-14,16,18-20,22,24-26,28,30-32,34-35,37-39,41,43-46,48,50-54,56,58-61H2,1-5H3,(H-,65,68,69,70)/b11-9-,17-15-,23-21-,29-27-,36-33-,42-40-,49-47+,57-55+. The Morgan fingerprint density at radius 3 is 1.27 bits per heavy atom. The largest absolute Gasteiger partial charge is 0.756 e. The molecule has 0 aliphatic rings. The van der Waals surface area contributed by atoms with Gasteiger partial charge in [0.25, 0.3) is 7.82 Å². The van der Waals surface area contributed by atoms with E-state index in [0.717, 1.165) is 103 Å². The molecule has 0 radical (unpaired) electrons. The van der Waals surface area contributed by atoms with Crippen LogP contribution in [0.3, 0.4) is 0 Å². The molecule has 1 amide bonds. The van der Waals surface area contributed by atoms with Crippen molar-refractivity contribution in [2.75, 3.05) is 40.9 Å². The number of nitrogens with one attached hydrogen (secondary N) is 1. The zero-order valence-corrected chi connectivity index (χ0v) is 49.0. The summed E-state index contributed by atoms with van der Waals surface area (Å²) in [5.74, 6) is -0.224. The first-order chi connectivity index (χ1) is 35.5. The van der Waals surface area contributed by atoms with Gasteiger partial charge < -0.3 is 28.8 Å². The Morgan fingerprint density at radius 1 is 0.493 bits per heavy atom. The number of hydrogen-bond donors (Lipinski definition) is 2. The van der Waals surface area contributed by atoms with E-state index < -0.39 is 26.6 Å². The van der Waals surface area contributed by atoms with E-state index in [-0.39, 0.29) is 12.5 Å². The van der Waals surface area contributed by atoms with E-state index in [2.05, 4.69) is 104 Å². The minimum Gasteiger partial charge on any atom is -0.756 e. The highest BCUT2D eigenvalue weighted by Gasteiger charge is 2.23. The van der Waals surface area contributed by atoms with Gasteiger partial charge in [0.15, 0.2) is 0 Å². The minimum atomic E-state index is -4.62. The molecule has 0 saturated heterocycles. The van der Waals surface area contributed by atoms with Crippen LogP contribution in [0.4, 0.5) is 0 Å². The van der Waals surface area contributed by atoms with Crippen molar-refractivity contribution in [1.82, 2.24) is 5.32 Å². The summed E-state index contributed by atoms with van der Waals surface area (Å²) in [7, 11) is 1.22. The molecule has 0 aromatic rings. The number of unbranched alkanes of at least 4 members (excludes halogenated alkanes) is 27. The summed E-state index contributed by atoms with van der Waals surface area (Å²) in [6.45, 7) is 4.51. The number of quaternary nitrogens is 1. The van der Waals surface area contributed by atoms with Crippen LogP contribution in [-0.2, 0) is 18.4 Å². The Hall–Kier alpha value is -2.58. The van der Waals surface area contributed by atoms with E-state index in [0.29, 0.717) is 17.4 Å². The topological polar surface area (TPSA) is 108 Å². The number of hydrogen-bond acceptors (Lipinski definition) is 6. The summed E-state index contributed by atoms with van der Waals surface area (Å²) in [4.78, 5) is 25.5. The van der Waals surface area contributed by atoms with E-state index in [1.807, 2.05) is 27.2 Å². The van der Waals surface area contributed by atoms with Gasteiger partial charge in [0.05, 0.1) is 39.9 Å². The van der Waals surface area contributed by atoms with Crippen LogP contribution in [0.2, 0.25) is 0 Å². The van der Waals surface area contributed by atoms with E-state index in [1.54, 1.807) is 6.08 Å². The number of rotatable bonds is 54. The zero-order chi connectivity index (χ0) is 53.5. The number of allylic oxidation sites excluding steroid dienone is 15. The molecule has 3 atom stereocenters. The molecule has 9 heteroatoms. The second-order valence-corrected chi connectivity index (χ2v) is 22.7. The maximum absolute atomic E-state index is 13.0. The second-order valence-electron chi connectivity index (χ2n) is 21.3. The fourth-order valence-corrected chi connectivity index (χ4v) is 9.07. The summed E-state index contributed by atoms with van der Waals surface area (Å²) in [6.07, 6.45) is 77.8. The lowest BCUT2D eigenvalue weighted by Gasteiger charge is -2.29. The fraction of sp³-hybridized carbons (Fsp3) is 0.734. The number of phosphoric acid groups is 1. The van der Waals surface area contributed by atoms with Crippen molar-refractivity contribution in [3.63, 3.8) is 0 Å². The number of aliphatic hydroxyl groups is 1. The van der Waals surface area contributed by atoms with Gasteiger partial charge in [0.2, 0.25) is 5.91 Å². The lowest BCUT2D eigenvalue weighted by atomic mass is 10.0. The lowest BCUT2D eigenvalue weighted by molar-refractivity contribution is -0.870. The minimum absolute atomic E-state index is 0.0145. The Kier molecular flexibility index (Phi) is 52.3. The fourth-order valence-electron chi connectivity index (χ4n) is 8.35. The van der Waals surface area contributed by atoms with E-state index in [1.165, 1.54) is 128 Å². The SMILES string of the molecule is CC/C=C\C/C=C\C/C=C\C/C=C\C/C=C\C/C=C\CCCCCCCCC(=O)NC(COP(=O)([O-])OCC[N+](C)(C)C)C(O)/C=C/CC/C=C/CCCCCCCCCCCCCCCCCCCCCC. The van der Waals surface area contributed by atoms with Crippen LogP contribution in [0.5, 0.6) is 0 Å². The summed E-state index contributed by atoms with van der Waals surface area (Å²) < 4.78 is 23.4. The predicted molar refractivity (Wildman–Crippen MR) is 316 cm³/mol. The molecule has 0 saturated carbocycles. The molecule has 0 aromatic carbocycles. The van der Waals surface area contributed by atoms with Crippen LogP contribution in [-0.4, -0.2) is 68.5 Å². The van der Waals surface area contributed by atoms with Gasteiger partial charge in [-0.3, -0.25) is 9.36 Å². The van der Waals surface area contributed by atoms with Crippen LogP contribution in [0, 0.1) is 0 Å². The average molecular weight is 1040 g/mol. The number of carbonyl (C=O) groups excluding carboxylic acids is 1. The third-order valence-electron chi connectivity index (χ3n) is 13.0. The quantitative estimate of drug-likeness (QED) is 0.0272. The first-order valence-electron chi connectivity index (χ1n) is 30.1. The molecule has 0 rings (SSSR count). The van der Waals surface area contributed by atoms with Crippen LogP contribution in [0.1, 0.15) is 251 Å². The van der Waals surface area contributed by atoms with Gasteiger partial charge in [-0.05, 0) is 83.5 Å². The first-order valence-corrected chi connectivity index (χ1v) is 31.6. The molecule has 2 N–H and O–H groups in total. The van der Waals surface area contributed by atoms with Crippen LogP contribution in [0.25, 0.3) is 0 Å². The van der Waals surface area contributed by atoms with E-state index in [9.17, 15) is 19.4 Å². The first kappa shape index (κ1) is 70.4. The monoisotopic (exact) mass is 1040 g/mol. The van der Waals surface area contributed by atoms with Gasteiger partial charge in [-0.15, -0.1) is 0 Å². The highest BCUT2D eigenvalue weighted by molar-refractivity contribution is 7.45. The third-order valence-corrected chi connectivity index (χ3v) is 14.0. The van der Waals surface area contributed by atoms with Crippen LogP contribution >= 0.6 is 7.82 Å². The molecule has 3 unspecified atom stereocenters. The van der Waals surface area contributed by atoms with Crippen molar-refractivity contribution < 1.29 is 32.9 Å². The molecule has 0 fully saturated rings. The van der Waals surface area contributed by atoms with Crippen molar-refractivity contribution in [2.24, 2.45) is 0 Å². The molecule has 0 aromatic heterocycles. The molecular formula is C64H115N2O6P. The van der Waals surface area contributed by atoms with Gasteiger partial charge in [-0.2, -0.15) is 0 Å². The van der Waals surface area contributed by atoms with Gasteiger partial charge in [-0.1, -0.05) is 259 Å². The molecule has 0 spiro atoms. The molecular weight excluding hydrogens is 924 g/mol. The summed E-state index contributed by atoms with van der Waals surface area (Å²) >= 11 is 0. The normalized spacial score (nSPS) is 14.6. The van der Waals surface area contributed by atoms with E-state index in [4.69, 9.17) is 9.05 Å². The Balaban J connectivity index is 4.29. The smallest absolute Gasteiger partial charge is 0.268 e. The van der Waals surface area contributed by atoms with Crippen LogP contribution in [0.15, 0.2) is 97.2 Å². The second kappa shape index (κ2) is 54.2. The van der Waals surface area contributed by atoms with E-state index >= 15 is 0 Å². The van der Waals surface area contributed by atoms with Gasteiger partial charge in [0.1, 0.15) is 13.2 Å². The molecule has 0 bridgehead atoms. The summed E-state index contributed by atoms with van der Waals surface area (Å²) in [5, 5.41) is 13.9. The number of carbonyl (C=O) groups is 1. The molecule has 0 heterocycles. The molecule has 73 heavy (non-hydrogen) atoms. The molecule has 422 valence electrons. The van der Waals surface area contributed by atoms with Crippen molar-refractivity contribution in [1.29, 1.82) is 0 Å². The average Bonchev–Trinajstić information content (AvgIpc) is 3.35. The maximum Gasteiger partial charge on any atom is 0.268 e. The Morgan fingerprint density at radius 2 is 0.849 bits per heavy atom. The molecule has 8 nitrogen and oxygen atoms in total. The number of aliphatic hydroxyl groups excluding tert-OH is 1. The Labute approximate surface area is 451 Å². The van der Waals surface area contributed by atoms with Crippen LogP contribution < -0.4 is 10.2 Å². The van der Waals surface area contributed by atoms with Crippen molar-refractivity contribution in [2.45, 2.75) is 264 Å². The molecule has 0 aliphatic carbocycles. The van der Waals surface area contributed by atoms with Crippen molar-refractivity contribution in [3.05, 3.63) is 97.2 Å². The third kappa shape index (κ3) is 57.0. The van der Waals surface area contributed by atoms with Gasteiger partial charge in [0, 0.05) is 6.42 Å². The zero-order valence-electron chi connectivity index (χ0n) is 48.1. The highest BCUT2D eigenvalue weighted by Crippen LogP contribution is 2.38. The number of phosphoric ester groups is 1. The lowest BCUT2D eigenvalue weighted by Crippen LogP contribution is -2.45. The summed E-state index contributed by atoms with van der Waals surface area (Å²) in [6, 6.07) is -0.920. The van der Waals surface area contributed by atoms with Gasteiger partial charge >= 0.3 is 0 Å².